The number of amides is 3. The Morgan fingerprint density at radius 3 is 2.77 bits per heavy atom. The molecule has 0 saturated carbocycles. The summed E-state index contributed by atoms with van der Waals surface area (Å²) in [5.41, 5.74) is 11.7. The number of benzene rings is 1. The molecule has 0 radical (unpaired) electrons. The van der Waals surface area contributed by atoms with Crippen LogP contribution in [0.2, 0.25) is 0 Å². The molecular weight excluding hydrogens is 352 g/mol. The minimum Gasteiger partial charge on any atom is -0.491 e. The summed E-state index contributed by atoms with van der Waals surface area (Å²) in [4.78, 5) is 25.9. The van der Waals surface area contributed by atoms with Crippen LogP contribution in [-0.2, 0) is 0 Å². The smallest absolute Gasteiger partial charge is 0.317 e. The Hall–Kier alpha value is -2.58. The Balaban J connectivity index is 1.87. The van der Waals surface area contributed by atoms with Crippen molar-refractivity contribution in [2.24, 2.45) is 11.5 Å². The second-order valence-electron chi connectivity index (χ2n) is 6.29. The SMILES string of the molecule is CN1CCCC1COc1ccccc1-c1cc(C(N)=O)c(NC(N)=O)s1. The quantitative estimate of drug-likeness (QED) is 0.721. The van der Waals surface area contributed by atoms with Crippen LogP contribution in [0.4, 0.5) is 9.80 Å². The largest absolute Gasteiger partial charge is 0.491 e. The molecule has 1 saturated heterocycles. The Morgan fingerprint density at radius 1 is 1.35 bits per heavy atom. The number of nitrogens with zero attached hydrogens (tertiary/aromatic N) is 1. The first-order valence-corrected chi connectivity index (χ1v) is 9.20. The average Bonchev–Trinajstić information content (AvgIpc) is 3.19. The fraction of sp³-hybridized carbons (Fsp3) is 0.333. The van der Waals surface area contributed by atoms with Gasteiger partial charge in [0.25, 0.3) is 5.91 Å². The van der Waals surface area contributed by atoms with Crippen LogP contribution in [0.25, 0.3) is 10.4 Å². The number of carbonyl (C=O) groups excluding carboxylic acids is 2. The van der Waals surface area contributed by atoms with E-state index in [4.69, 9.17) is 16.2 Å². The third-order valence-electron chi connectivity index (χ3n) is 4.49. The highest BCUT2D eigenvalue weighted by molar-refractivity contribution is 7.20. The summed E-state index contributed by atoms with van der Waals surface area (Å²) in [6.07, 6.45) is 2.30. The predicted octanol–water partition coefficient (Wildman–Crippen LogP) is 2.48. The van der Waals surface area contributed by atoms with E-state index in [1.165, 1.54) is 17.8 Å². The fourth-order valence-corrected chi connectivity index (χ4v) is 4.18. The van der Waals surface area contributed by atoms with E-state index < -0.39 is 11.9 Å². The molecule has 0 aliphatic carbocycles. The van der Waals surface area contributed by atoms with Gasteiger partial charge in [-0.25, -0.2) is 4.79 Å². The number of ether oxygens (including phenoxy) is 1. The zero-order valence-corrected chi connectivity index (χ0v) is 15.3. The number of anilines is 1. The molecule has 5 N–H and O–H groups in total. The first kappa shape index (κ1) is 18.2. The normalized spacial score (nSPS) is 17.2. The molecule has 7 nitrogen and oxygen atoms in total. The van der Waals surface area contributed by atoms with Crippen molar-refractivity contribution in [2.45, 2.75) is 18.9 Å². The molecule has 1 unspecified atom stereocenters. The number of thiophene rings is 1. The lowest BCUT2D eigenvalue weighted by atomic mass is 10.1. The lowest BCUT2D eigenvalue weighted by Crippen LogP contribution is -2.30. The highest BCUT2D eigenvalue weighted by atomic mass is 32.1. The Bertz CT molecular complexity index is 821. The number of carbonyl (C=O) groups is 2. The number of hydrogen-bond donors (Lipinski definition) is 3. The van der Waals surface area contributed by atoms with Gasteiger partial charge in [0, 0.05) is 16.5 Å². The van der Waals surface area contributed by atoms with E-state index in [2.05, 4.69) is 17.3 Å². The first-order valence-electron chi connectivity index (χ1n) is 8.38. The van der Waals surface area contributed by atoms with Crippen molar-refractivity contribution < 1.29 is 14.3 Å². The van der Waals surface area contributed by atoms with Crippen molar-refractivity contribution in [1.82, 2.24) is 4.90 Å². The monoisotopic (exact) mass is 374 g/mol. The lowest BCUT2D eigenvalue weighted by Gasteiger charge is -2.20. The van der Waals surface area contributed by atoms with Crippen molar-refractivity contribution in [3.63, 3.8) is 0 Å². The summed E-state index contributed by atoms with van der Waals surface area (Å²) in [7, 11) is 2.10. The number of primary amides is 2. The average molecular weight is 374 g/mol. The number of hydrogen-bond acceptors (Lipinski definition) is 5. The summed E-state index contributed by atoms with van der Waals surface area (Å²) in [5, 5.41) is 2.79. The van der Waals surface area contributed by atoms with Gasteiger partial charge < -0.3 is 21.1 Å². The van der Waals surface area contributed by atoms with Gasteiger partial charge in [-0.3, -0.25) is 10.1 Å². The zero-order valence-electron chi connectivity index (χ0n) is 14.5. The molecule has 1 fully saturated rings. The van der Waals surface area contributed by atoms with Gasteiger partial charge in [-0.15, -0.1) is 11.3 Å². The Kier molecular flexibility index (Phi) is 5.43. The lowest BCUT2D eigenvalue weighted by molar-refractivity contribution is 0.100. The molecule has 26 heavy (non-hydrogen) atoms. The van der Waals surface area contributed by atoms with Gasteiger partial charge in [-0.05, 0) is 44.6 Å². The topological polar surface area (TPSA) is 111 Å². The van der Waals surface area contributed by atoms with Gasteiger partial charge in [0.15, 0.2) is 0 Å². The molecule has 1 aromatic carbocycles. The number of para-hydroxylation sites is 1. The minimum atomic E-state index is -0.741. The van der Waals surface area contributed by atoms with Crippen molar-refractivity contribution in [1.29, 1.82) is 0 Å². The maximum Gasteiger partial charge on any atom is 0.317 e. The van der Waals surface area contributed by atoms with E-state index in [0.29, 0.717) is 17.6 Å². The van der Waals surface area contributed by atoms with Crippen LogP contribution in [0.3, 0.4) is 0 Å². The molecule has 2 heterocycles. The molecule has 8 heteroatoms. The van der Waals surface area contributed by atoms with Gasteiger partial charge in [-0.2, -0.15) is 0 Å². The van der Waals surface area contributed by atoms with Gasteiger partial charge in [0.1, 0.15) is 17.4 Å². The number of nitrogens with two attached hydrogens (primary N) is 2. The summed E-state index contributed by atoms with van der Waals surface area (Å²) in [6, 6.07) is 8.93. The molecule has 3 rings (SSSR count). The van der Waals surface area contributed by atoms with Gasteiger partial charge in [0.05, 0.1) is 5.56 Å². The van der Waals surface area contributed by atoms with E-state index in [1.807, 2.05) is 24.3 Å². The molecular formula is C18H22N4O3S. The molecule has 138 valence electrons. The first-order chi connectivity index (χ1) is 12.5. The summed E-state index contributed by atoms with van der Waals surface area (Å²) >= 11 is 1.24. The van der Waals surface area contributed by atoms with Crippen LogP contribution < -0.4 is 21.5 Å². The minimum absolute atomic E-state index is 0.231. The molecule has 0 bridgehead atoms. The number of urea groups is 1. The number of likely N-dealkylation sites (N-methyl/N-ethyl adjacent to an activating group) is 1. The number of likely N-dealkylation sites (tertiary alicyclic amines) is 1. The third-order valence-corrected chi connectivity index (χ3v) is 5.57. The van der Waals surface area contributed by atoms with Crippen LogP contribution in [0.15, 0.2) is 30.3 Å². The summed E-state index contributed by atoms with van der Waals surface area (Å²) < 4.78 is 6.07. The van der Waals surface area contributed by atoms with E-state index in [1.54, 1.807) is 6.07 Å². The van der Waals surface area contributed by atoms with E-state index in [0.717, 1.165) is 29.2 Å². The van der Waals surface area contributed by atoms with Crippen molar-refractivity contribution in [2.75, 3.05) is 25.5 Å². The highest BCUT2D eigenvalue weighted by Crippen LogP contribution is 2.39. The molecule has 3 amide bonds. The summed E-state index contributed by atoms with van der Waals surface area (Å²) in [6.45, 7) is 1.69. The number of rotatable bonds is 6. The maximum absolute atomic E-state index is 11.7. The van der Waals surface area contributed by atoms with E-state index in [9.17, 15) is 9.59 Å². The second kappa shape index (κ2) is 7.76. The molecule has 1 aliphatic heterocycles. The summed E-state index contributed by atoms with van der Waals surface area (Å²) in [5.74, 6) is 0.109. The zero-order chi connectivity index (χ0) is 18.7. The molecule has 1 aromatic heterocycles. The van der Waals surface area contributed by atoms with Gasteiger partial charge in [-0.1, -0.05) is 12.1 Å². The standard InChI is InChI=1S/C18H22N4O3S/c1-22-8-4-5-11(22)10-25-14-7-3-2-6-12(14)15-9-13(16(19)23)17(26-15)21-18(20)24/h2-3,6-7,9,11H,4-5,8,10H2,1H3,(H2,19,23)(H3,20,21,24). The predicted molar refractivity (Wildman–Crippen MR) is 103 cm³/mol. The van der Waals surface area contributed by atoms with Crippen LogP contribution in [0.1, 0.15) is 23.2 Å². The van der Waals surface area contributed by atoms with Gasteiger partial charge >= 0.3 is 6.03 Å². The Morgan fingerprint density at radius 2 is 2.12 bits per heavy atom. The van der Waals surface area contributed by atoms with E-state index >= 15 is 0 Å². The maximum atomic E-state index is 11.7. The molecule has 0 spiro atoms. The van der Waals surface area contributed by atoms with Crippen LogP contribution in [0, 0.1) is 0 Å². The van der Waals surface area contributed by atoms with Crippen molar-refractivity contribution >= 4 is 28.3 Å². The molecule has 2 aromatic rings. The second-order valence-corrected chi connectivity index (χ2v) is 7.34. The molecule has 1 atom stereocenters. The molecule has 1 aliphatic rings. The number of nitrogens with one attached hydrogen (secondary N) is 1. The third kappa shape index (κ3) is 3.97. The van der Waals surface area contributed by atoms with Crippen LogP contribution >= 0.6 is 11.3 Å². The van der Waals surface area contributed by atoms with Crippen molar-refractivity contribution in [3.05, 3.63) is 35.9 Å². The van der Waals surface area contributed by atoms with Crippen molar-refractivity contribution in [3.8, 4) is 16.2 Å². The van der Waals surface area contributed by atoms with E-state index in [-0.39, 0.29) is 5.56 Å². The van der Waals surface area contributed by atoms with Crippen LogP contribution in [0.5, 0.6) is 5.75 Å². The Labute approximate surface area is 155 Å². The highest BCUT2D eigenvalue weighted by Gasteiger charge is 2.22. The van der Waals surface area contributed by atoms with Crippen LogP contribution in [-0.4, -0.2) is 43.1 Å². The van der Waals surface area contributed by atoms with Gasteiger partial charge in [0.2, 0.25) is 0 Å². The fourth-order valence-electron chi connectivity index (χ4n) is 3.08.